The number of sulfonamides is 1. The standard InChI is InChI=1S/C7H8INO2S/c8-7-3-1-2-6(4-7)5-12(9,10)11/h1-4H,5H2,(H2,9,10,11). The van der Waals surface area contributed by atoms with E-state index in [4.69, 9.17) is 5.14 Å². The minimum absolute atomic E-state index is 0.0934. The minimum Gasteiger partial charge on any atom is -0.228 e. The molecule has 0 radical (unpaired) electrons. The van der Waals surface area contributed by atoms with Crippen LogP contribution in [0.5, 0.6) is 0 Å². The first-order valence-electron chi connectivity index (χ1n) is 3.22. The molecule has 0 aliphatic rings. The van der Waals surface area contributed by atoms with E-state index in [9.17, 15) is 8.42 Å². The maximum atomic E-state index is 10.7. The Morgan fingerprint density at radius 3 is 2.58 bits per heavy atom. The molecule has 0 fully saturated rings. The van der Waals surface area contributed by atoms with Gasteiger partial charge < -0.3 is 0 Å². The highest BCUT2D eigenvalue weighted by atomic mass is 127. The Morgan fingerprint density at radius 2 is 2.08 bits per heavy atom. The normalized spacial score (nSPS) is 11.5. The number of hydrogen-bond acceptors (Lipinski definition) is 2. The number of halogens is 1. The molecule has 0 aliphatic heterocycles. The smallest absolute Gasteiger partial charge is 0.213 e. The van der Waals surface area contributed by atoms with Gasteiger partial charge in [-0.1, -0.05) is 12.1 Å². The van der Waals surface area contributed by atoms with Crippen molar-refractivity contribution in [2.24, 2.45) is 5.14 Å². The predicted molar refractivity (Wildman–Crippen MR) is 56.0 cm³/mol. The van der Waals surface area contributed by atoms with E-state index in [0.29, 0.717) is 0 Å². The molecule has 0 unspecified atom stereocenters. The van der Waals surface area contributed by atoms with Gasteiger partial charge in [0.05, 0.1) is 5.75 Å². The van der Waals surface area contributed by atoms with Crippen molar-refractivity contribution in [3.05, 3.63) is 33.4 Å². The minimum atomic E-state index is -3.40. The lowest BCUT2D eigenvalue weighted by Gasteiger charge is -1.98. The molecule has 0 saturated heterocycles. The summed E-state index contributed by atoms with van der Waals surface area (Å²) < 4.78 is 22.4. The molecule has 5 heteroatoms. The van der Waals surface area contributed by atoms with E-state index in [1.165, 1.54) is 0 Å². The Labute approximate surface area is 85.2 Å². The fourth-order valence-electron chi connectivity index (χ4n) is 0.859. The molecule has 0 bridgehead atoms. The van der Waals surface area contributed by atoms with Crippen LogP contribution < -0.4 is 5.14 Å². The molecule has 1 aromatic rings. The highest BCUT2D eigenvalue weighted by Crippen LogP contribution is 2.09. The van der Waals surface area contributed by atoms with E-state index >= 15 is 0 Å². The van der Waals surface area contributed by atoms with Gasteiger partial charge >= 0.3 is 0 Å². The molecule has 0 aliphatic carbocycles. The first-order valence-corrected chi connectivity index (χ1v) is 6.02. The van der Waals surface area contributed by atoms with Gasteiger partial charge in [0.15, 0.2) is 0 Å². The van der Waals surface area contributed by atoms with Gasteiger partial charge in [-0.15, -0.1) is 0 Å². The quantitative estimate of drug-likeness (QED) is 0.830. The topological polar surface area (TPSA) is 60.2 Å². The van der Waals surface area contributed by atoms with Gasteiger partial charge in [0, 0.05) is 3.57 Å². The Hall–Kier alpha value is -0.140. The maximum absolute atomic E-state index is 10.7. The molecule has 0 saturated carbocycles. The van der Waals surface area contributed by atoms with Crippen LogP contribution in [0.15, 0.2) is 24.3 Å². The van der Waals surface area contributed by atoms with Crippen molar-refractivity contribution in [2.75, 3.05) is 0 Å². The van der Waals surface area contributed by atoms with E-state index in [1.54, 1.807) is 12.1 Å². The van der Waals surface area contributed by atoms with Gasteiger partial charge in [-0.05, 0) is 40.3 Å². The van der Waals surface area contributed by atoms with Crippen molar-refractivity contribution < 1.29 is 8.42 Å². The number of benzene rings is 1. The lowest BCUT2D eigenvalue weighted by molar-refractivity contribution is 0.597. The van der Waals surface area contributed by atoms with Gasteiger partial charge in [-0.2, -0.15) is 0 Å². The fourth-order valence-corrected chi connectivity index (χ4v) is 2.11. The molecular weight excluding hydrogens is 289 g/mol. The van der Waals surface area contributed by atoms with Crippen LogP contribution in [0, 0.1) is 3.57 Å². The Balaban J connectivity index is 2.91. The molecule has 12 heavy (non-hydrogen) atoms. The van der Waals surface area contributed by atoms with Crippen molar-refractivity contribution in [3.63, 3.8) is 0 Å². The summed E-state index contributed by atoms with van der Waals surface area (Å²) in [7, 11) is -3.40. The number of hydrogen-bond donors (Lipinski definition) is 1. The van der Waals surface area contributed by atoms with Crippen molar-refractivity contribution >= 4 is 32.6 Å². The molecule has 1 rings (SSSR count). The predicted octanol–water partition coefficient (Wildman–Crippen LogP) is 1.08. The van der Waals surface area contributed by atoms with Crippen LogP contribution in [-0.4, -0.2) is 8.42 Å². The third kappa shape index (κ3) is 3.51. The molecule has 0 atom stereocenters. The highest BCUT2D eigenvalue weighted by molar-refractivity contribution is 14.1. The molecule has 3 nitrogen and oxygen atoms in total. The molecule has 0 amide bonds. The summed E-state index contributed by atoms with van der Waals surface area (Å²) >= 11 is 2.12. The second-order valence-corrected chi connectivity index (χ2v) is 5.30. The van der Waals surface area contributed by atoms with Crippen LogP contribution >= 0.6 is 22.6 Å². The lowest BCUT2D eigenvalue weighted by Crippen LogP contribution is -2.14. The average molecular weight is 297 g/mol. The molecule has 66 valence electrons. The summed E-state index contributed by atoms with van der Waals surface area (Å²) in [5.41, 5.74) is 0.726. The van der Waals surface area contributed by atoms with Gasteiger partial charge in [-0.25, -0.2) is 13.6 Å². The first-order chi connectivity index (χ1) is 5.47. The second kappa shape index (κ2) is 3.71. The van der Waals surface area contributed by atoms with Crippen molar-refractivity contribution in [1.82, 2.24) is 0 Å². The number of nitrogens with two attached hydrogens (primary N) is 1. The Bertz CT molecular complexity index is 375. The van der Waals surface area contributed by atoms with Crippen LogP contribution in [0.25, 0.3) is 0 Å². The van der Waals surface area contributed by atoms with Crippen LogP contribution in [0.3, 0.4) is 0 Å². The van der Waals surface area contributed by atoms with E-state index in [1.807, 2.05) is 12.1 Å². The third-order valence-electron chi connectivity index (χ3n) is 1.26. The fraction of sp³-hybridized carbons (Fsp3) is 0.143. The van der Waals surface area contributed by atoms with E-state index in [0.717, 1.165) is 9.13 Å². The zero-order valence-corrected chi connectivity index (χ0v) is 9.17. The summed E-state index contributed by atoms with van der Waals surface area (Å²) in [6.45, 7) is 0. The van der Waals surface area contributed by atoms with Crippen molar-refractivity contribution in [2.45, 2.75) is 5.75 Å². The third-order valence-corrected chi connectivity index (χ3v) is 2.66. The summed E-state index contributed by atoms with van der Waals surface area (Å²) in [6, 6.07) is 7.24. The summed E-state index contributed by atoms with van der Waals surface area (Å²) in [5, 5.41) is 4.89. The maximum Gasteiger partial charge on any atom is 0.213 e. The van der Waals surface area contributed by atoms with Gasteiger partial charge in [0.25, 0.3) is 0 Å². The summed E-state index contributed by atoms with van der Waals surface area (Å²) in [5.74, 6) is -0.0934. The van der Waals surface area contributed by atoms with Gasteiger partial charge in [-0.3, -0.25) is 0 Å². The first kappa shape index (κ1) is 9.94. The van der Waals surface area contributed by atoms with Gasteiger partial charge in [0.1, 0.15) is 0 Å². The van der Waals surface area contributed by atoms with Crippen LogP contribution in [0.1, 0.15) is 5.56 Å². The van der Waals surface area contributed by atoms with E-state index < -0.39 is 10.0 Å². The zero-order valence-electron chi connectivity index (χ0n) is 6.20. The van der Waals surface area contributed by atoms with E-state index in [-0.39, 0.29) is 5.75 Å². The monoisotopic (exact) mass is 297 g/mol. The summed E-state index contributed by atoms with van der Waals surface area (Å²) in [6.07, 6.45) is 0. The molecule has 0 heterocycles. The molecular formula is C7H8INO2S. The van der Waals surface area contributed by atoms with Crippen LogP contribution in [0.2, 0.25) is 0 Å². The molecule has 0 aromatic heterocycles. The molecule has 2 N–H and O–H groups in total. The van der Waals surface area contributed by atoms with Crippen LogP contribution in [0.4, 0.5) is 0 Å². The van der Waals surface area contributed by atoms with Crippen LogP contribution in [-0.2, 0) is 15.8 Å². The number of rotatable bonds is 2. The molecule has 0 spiro atoms. The Kier molecular flexibility index (Phi) is 3.08. The highest BCUT2D eigenvalue weighted by Gasteiger charge is 2.04. The van der Waals surface area contributed by atoms with Crippen molar-refractivity contribution in [3.8, 4) is 0 Å². The second-order valence-electron chi connectivity index (χ2n) is 2.44. The summed E-state index contributed by atoms with van der Waals surface area (Å²) in [4.78, 5) is 0. The number of primary sulfonamides is 1. The van der Waals surface area contributed by atoms with Gasteiger partial charge in [0.2, 0.25) is 10.0 Å². The lowest BCUT2D eigenvalue weighted by atomic mass is 10.2. The van der Waals surface area contributed by atoms with Crippen molar-refractivity contribution in [1.29, 1.82) is 0 Å². The largest absolute Gasteiger partial charge is 0.228 e. The zero-order chi connectivity index (χ0) is 9.19. The SMILES string of the molecule is NS(=O)(=O)Cc1cccc(I)c1. The molecule has 1 aromatic carbocycles. The Morgan fingerprint density at radius 1 is 1.42 bits per heavy atom. The van der Waals surface area contributed by atoms with E-state index in [2.05, 4.69) is 22.6 Å². The average Bonchev–Trinajstić information content (AvgIpc) is 1.82.